The molecule has 0 saturated carbocycles. The van der Waals surface area contributed by atoms with E-state index in [1.165, 1.54) is 24.3 Å². The van der Waals surface area contributed by atoms with E-state index in [9.17, 15) is 14.9 Å². The number of nitro benzene ring substituents is 1. The molecule has 0 bridgehead atoms. The van der Waals surface area contributed by atoms with Gasteiger partial charge in [-0.05, 0) is 35.9 Å². The maximum atomic E-state index is 11.9. The second-order valence-electron chi connectivity index (χ2n) is 5.42. The van der Waals surface area contributed by atoms with Crippen LogP contribution in [0.15, 0.2) is 59.1 Å². The van der Waals surface area contributed by atoms with Crippen LogP contribution in [-0.4, -0.2) is 21.0 Å². The Balaban J connectivity index is 1.57. The van der Waals surface area contributed by atoms with Gasteiger partial charge >= 0.3 is 0 Å². The number of benzene rings is 2. The van der Waals surface area contributed by atoms with E-state index in [2.05, 4.69) is 15.5 Å². The summed E-state index contributed by atoms with van der Waals surface area (Å²) in [6.07, 6.45) is 2.75. The van der Waals surface area contributed by atoms with Gasteiger partial charge in [-0.3, -0.25) is 14.9 Å². The molecule has 9 heteroatoms. The molecule has 8 nitrogen and oxygen atoms in total. The van der Waals surface area contributed by atoms with Gasteiger partial charge < -0.3 is 9.84 Å². The standard InChI is InChI=1S/C18H13ClN4O4/c19-14-7-5-13(6-8-14)18-21-17(27-22-18)11-20-16(24)9-4-12-2-1-3-15(10-12)23(25)26/h1-10H,11H2,(H,20,24)/b9-4+. The number of nitrogens with zero attached hydrogens (tertiary/aromatic N) is 3. The van der Waals surface area contributed by atoms with Gasteiger partial charge in [0, 0.05) is 28.8 Å². The van der Waals surface area contributed by atoms with E-state index < -0.39 is 10.8 Å². The summed E-state index contributed by atoms with van der Waals surface area (Å²) in [6, 6.07) is 12.9. The fraction of sp³-hybridized carbons (Fsp3) is 0.0556. The predicted octanol–water partition coefficient (Wildman–Crippen LogP) is 3.63. The van der Waals surface area contributed by atoms with Crippen LogP contribution in [0.1, 0.15) is 11.5 Å². The van der Waals surface area contributed by atoms with Crippen molar-refractivity contribution in [3.8, 4) is 11.4 Å². The van der Waals surface area contributed by atoms with E-state index in [1.54, 1.807) is 36.4 Å². The molecule has 1 heterocycles. The van der Waals surface area contributed by atoms with Gasteiger partial charge in [-0.15, -0.1) is 0 Å². The molecule has 0 fully saturated rings. The summed E-state index contributed by atoms with van der Waals surface area (Å²) in [6.45, 7) is 0.0543. The molecule has 136 valence electrons. The van der Waals surface area contributed by atoms with Gasteiger partial charge in [0.2, 0.25) is 17.6 Å². The number of amides is 1. The summed E-state index contributed by atoms with van der Waals surface area (Å²) in [7, 11) is 0. The molecule has 0 unspecified atom stereocenters. The molecule has 0 radical (unpaired) electrons. The number of carbonyl (C=O) groups is 1. The van der Waals surface area contributed by atoms with E-state index in [1.807, 2.05) is 0 Å². The zero-order valence-electron chi connectivity index (χ0n) is 13.8. The molecule has 0 spiro atoms. The smallest absolute Gasteiger partial charge is 0.270 e. The highest BCUT2D eigenvalue weighted by Gasteiger charge is 2.09. The zero-order valence-corrected chi connectivity index (χ0v) is 14.6. The molecule has 27 heavy (non-hydrogen) atoms. The molecule has 0 saturated heterocycles. The lowest BCUT2D eigenvalue weighted by molar-refractivity contribution is -0.384. The highest BCUT2D eigenvalue weighted by molar-refractivity contribution is 6.30. The molecule has 2 aromatic carbocycles. The van der Waals surface area contributed by atoms with Crippen LogP contribution in [0, 0.1) is 10.1 Å². The van der Waals surface area contributed by atoms with E-state index in [-0.39, 0.29) is 18.1 Å². The molecule has 0 atom stereocenters. The number of hydrogen-bond acceptors (Lipinski definition) is 6. The molecule has 1 aromatic heterocycles. The molecule has 3 aromatic rings. The van der Waals surface area contributed by atoms with Crippen LogP contribution < -0.4 is 5.32 Å². The Bertz CT molecular complexity index is 999. The largest absolute Gasteiger partial charge is 0.343 e. The lowest BCUT2D eigenvalue weighted by atomic mass is 10.2. The highest BCUT2D eigenvalue weighted by atomic mass is 35.5. The second-order valence-corrected chi connectivity index (χ2v) is 5.86. The third kappa shape index (κ3) is 4.99. The van der Waals surface area contributed by atoms with Crippen LogP contribution in [0.4, 0.5) is 5.69 Å². The van der Waals surface area contributed by atoms with Gasteiger partial charge in [-0.2, -0.15) is 4.98 Å². The first-order chi connectivity index (χ1) is 13.0. The Morgan fingerprint density at radius 1 is 1.26 bits per heavy atom. The predicted molar refractivity (Wildman–Crippen MR) is 98.7 cm³/mol. The van der Waals surface area contributed by atoms with E-state index in [0.717, 1.165) is 5.56 Å². The lowest BCUT2D eigenvalue weighted by Crippen LogP contribution is -2.20. The Labute approximate surface area is 158 Å². The maximum Gasteiger partial charge on any atom is 0.270 e. The van der Waals surface area contributed by atoms with Crippen molar-refractivity contribution in [2.45, 2.75) is 6.54 Å². The number of aromatic nitrogens is 2. The van der Waals surface area contributed by atoms with E-state index >= 15 is 0 Å². The van der Waals surface area contributed by atoms with Crippen molar-refractivity contribution in [2.24, 2.45) is 0 Å². The van der Waals surface area contributed by atoms with E-state index in [4.69, 9.17) is 16.1 Å². The number of nitrogens with one attached hydrogen (secondary N) is 1. The van der Waals surface area contributed by atoms with Crippen LogP contribution in [0.2, 0.25) is 5.02 Å². The molecular formula is C18H13ClN4O4. The molecule has 3 rings (SSSR count). The Hall–Kier alpha value is -3.52. The molecular weight excluding hydrogens is 372 g/mol. The van der Waals surface area contributed by atoms with Crippen LogP contribution in [-0.2, 0) is 11.3 Å². The third-order valence-electron chi connectivity index (χ3n) is 3.49. The molecule has 0 aliphatic heterocycles. The topological polar surface area (TPSA) is 111 Å². The molecule has 1 N–H and O–H groups in total. The van der Waals surface area contributed by atoms with Gasteiger partial charge in [0.1, 0.15) is 0 Å². The van der Waals surface area contributed by atoms with Crippen molar-refractivity contribution in [3.63, 3.8) is 0 Å². The minimum absolute atomic E-state index is 0.0434. The van der Waals surface area contributed by atoms with Crippen molar-refractivity contribution in [3.05, 3.63) is 81.2 Å². The zero-order chi connectivity index (χ0) is 19.2. The first-order valence-corrected chi connectivity index (χ1v) is 8.18. The van der Waals surface area contributed by atoms with Crippen LogP contribution in [0.25, 0.3) is 17.5 Å². The summed E-state index contributed by atoms with van der Waals surface area (Å²) in [5.74, 6) is 0.243. The van der Waals surface area contributed by atoms with Crippen LogP contribution in [0.3, 0.4) is 0 Å². The van der Waals surface area contributed by atoms with Crippen molar-refractivity contribution in [1.29, 1.82) is 0 Å². The van der Waals surface area contributed by atoms with Gasteiger partial charge in [0.25, 0.3) is 5.69 Å². The highest BCUT2D eigenvalue weighted by Crippen LogP contribution is 2.18. The number of halogens is 1. The first-order valence-electron chi connectivity index (χ1n) is 7.80. The fourth-order valence-electron chi connectivity index (χ4n) is 2.18. The number of non-ortho nitro benzene ring substituents is 1. The minimum Gasteiger partial charge on any atom is -0.343 e. The normalized spacial score (nSPS) is 10.9. The molecule has 0 aliphatic rings. The van der Waals surface area contributed by atoms with Crippen LogP contribution >= 0.6 is 11.6 Å². The van der Waals surface area contributed by atoms with Gasteiger partial charge in [-0.25, -0.2) is 0 Å². The molecule has 0 aliphatic carbocycles. The Morgan fingerprint density at radius 3 is 2.78 bits per heavy atom. The Kier molecular flexibility index (Phi) is 5.58. The van der Waals surface area contributed by atoms with Gasteiger partial charge in [0.05, 0.1) is 11.5 Å². The maximum absolute atomic E-state index is 11.9. The minimum atomic E-state index is -0.495. The third-order valence-corrected chi connectivity index (χ3v) is 3.74. The van der Waals surface area contributed by atoms with Crippen molar-refractivity contribution in [2.75, 3.05) is 0 Å². The summed E-state index contributed by atoms with van der Waals surface area (Å²) in [5, 5.41) is 17.8. The summed E-state index contributed by atoms with van der Waals surface area (Å²) < 4.78 is 5.10. The lowest BCUT2D eigenvalue weighted by Gasteiger charge is -1.97. The van der Waals surface area contributed by atoms with Crippen molar-refractivity contribution in [1.82, 2.24) is 15.5 Å². The number of hydrogen-bond donors (Lipinski definition) is 1. The number of carbonyl (C=O) groups excluding carboxylic acids is 1. The van der Waals surface area contributed by atoms with Crippen molar-refractivity contribution >= 4 is 29.3 Å². The summed E-state index contributed by atoms with van der Waals surface area (Å²) in [5.41, 5.74) is 1.24. The first kappa shape index (κ1) is 18.3. The van der Waals surface area contributed by atoms with Gasteiger partial charge in [0.15, 0.2) is 0 Å². The number of rotatable bonds is 6. The SMILES string of the molecule is O=C(/C=C/c1cccc([N+](=O)[O-])c1)NCc1nc(-c2ccc(Cl)cc2)no1. The average molecular weight is 385 g/mol. The monoisotopic (exact) mass is 384 g/mol. The fourth-order valence-corrected chi connectivity index (χ4v) is 2.30. The Morgan fingerprint density at radius 2 is 2.04 bits per heavy atom. The number of nitro groups is 1. The van der Waals surface area contributed by atoms with Crippen LogP contribution in [0.5, 0.6) is 0 Å². The van der Waals surface area contributed by atoms with Gasteiger partial charge in [-0.1, -0.05) is 28.9 Å². The quantitative estimate of drug-likeness (QED) is 0.394. The summed E-state index contributed by atoms with van der Waals surface area (Å²) in [4.78, 5) is 26.3. The van der Waals surface area contributed by atoms with E-state index in [0.29, 0.717) is 16.4 Å². The van der Waals surface area contributed by atoms with Crippen molar-refractivity contribution < 1.29 is 14.2 Å². The summed E-state index contributed by atoms with van der Waals surface area (Å²) >= 11 is 5.84. The molecule has 1 amide bonds. The second kappa shape index (κ2) is 8.24. The average Bonchev–Trinajstić information content (AvgIpc) is 3.14.